The number of carbonyl (C=O) groups is 1. The summed E-state index contributed by atoms with van der Waals surface area (Å²) in [5.41, 5.74) is 5.13. The van der Waals surface area contributed by atoms with Crippen molar-refractivity contribution >= 4 is 40.4 Å². The predicted molar refractivity (Wildman–Crippen MR) is 121 cm³/mol. The van der Waals surface area contributed by atoms with E-state index in [1.165, 1.54) is 25.5 Å². The van der Waals surface area contributed by atoms with Crippen molar-refractivity contribution in [2.45, 2.75) is 0 Å². The number of nitro benzene ring substituents is 1. The van der Waals surface area contributed by atoms with Gasteiger partial charge in [0.25, 0.3) is 5.91 Å². The van der Waals surface area contributed by atoms with E-state index in [1.807, 2.05) is 18.2 Å². The molecular weight excluding hydrogens is 434 g/mol. The molecular formula is C22H16ClN5O4. The van der Waals surface area contributed by atoms with Crippen molar-refractivity contribution in [3.8, 4) is 17.1 Å². The zero-order valence-electron chi connectivity index (χ0n) is 16.7. The normalized spacial score (nSPS) is 11.1. The molecule has 0 atom stereocenters. The molecule has 9 nitrogen and oxygen atoms in total. The molecule has 3 aromatic carbocycles. The molecule has 0 aliphatic carbocycles. The maximum atomic E-state index is 12.5. The number of methoxy groups -OCH3 is 1. The van der Waals surface area contributed by atoms with Gasteiger partial charge in [-0.15, -0.1) is 0 Å². The molecule has 1 aromatic heterocycles. The van der Waals surface area contributed by atoms with Gasteiger partial charge in [0.15, 0.2) is 5.75 Å². The number of benzene rings is 3. The van der Waals surface area contributed by atoms with Gasteiger partial charge in [0.2, 0.25) is 0 Å². The van der Waals surface area contributed by atoms with Gasteiger partial charge in [0.05, 0.1) is 34.3 Å². The second-order valence-electron chi connectivity index (χ2n) is 6.68. The first-order valence-electron chi connectivity index (χ1n) is 9.37. The molecule has 160 valence electrons. The van der Waals surface area contributed by atoms with Gasteiger partial charge in [-0.2, -0.15) is 5.10 Å². The van der Waals surface area contributed by atoms with Crippen LogP contribution in [0.15, 0.2) is 65.8 Å². The Morgan fingerprint density at radius 1 is 1.22 bits per heavy atom. The lowest BCUT2D eigenvalue weighted by Gasteiger charge is -2.02. The van der Waals surface area contributed by atoms with Crippen molar-refractivity contribution in [2.24, 2.45) is 5.10 Å². The van der Waals surface area contributed by atoms with Crippen molar-refractivity contribution in [3.05, 3.63) is 86.9 Å². The summed E-state index contributed by atoms with van der Waals surface area (Å²) in [5, 5.41) is 15.6. The molecule has 10 heteroatoms. The number of nitrogens with one attached hydrogen (secondary N) is 2. The van der Waals surface area contributed by atoms with Crippen molar-refractivity contribution in [3.63, 3.8) is 0 Å². The summed E-state index contributed by atoms with van der Waals surface area (Å²) in [6, 6.07) is 16.7. The van der Waals surface area contributed by atoms with Crippen LogP contribution < -0.4 is 10.2 Å². The first-order chi connectivity index (χ1) is 15.5. The summed E-state index contributed by atoms with van der Waals surface area (Å²) in [6.45, 7) is 0. The Hall–Kier alpha value is -4.24. The predicted octanol–water partition coefficient (Wildman–Crippen LogP) is 4.56. The van der Waals surface area contributed by atoms with Crippen LogP contribution in [0.4, 0.5) is 5.69 Å². The standard InChI is InChI=1S/C22H16ClN5O4/c1-32-20-9-6-13(10-19(20)28(30)31)12-24-27-22(29)14-7-8-17-18(11-14)26-21(25-17)15-4-2-3-5-16(15)23/h2-12H,1H3,(H,25,26)(H,27,29)/b24-12+. The lowest BCUT2D eigenvalue weighted by molar-refractivity contribution is -0.385. The number of amides is 1. The van der Waals surface area contributed by atoms with Gasteiger partial charge in [-0.3, -0.25) is 14.9 Å². The van der Waals surface area contributed by atoms with Crippen molar-refractivity contribution in [1.82, 2.24) is 15.4 Å². The molecule has 1 amide bonds. The Morgan fingerprint density at radius 2 is 2.03 bits per heavy atom. The Labute approximate surface area is 186 Å². The number of fused-ring (bicyclic) bond motifs is 1. The van der Waals surface area contributed by atoms with E-state index in [0.29, 0.717) is 33.0 Å². The van der Waals surface area contributed by atoms with Crippen molar-refractivity contribution in [2.75, 3.05) is 7.11 Å². The molecule has 2 N–H and O–H groups in total. The van der Waals surface area contributed by atoms with Gasteiger partial charge in [-0.05, 0) is 42.5 Å². The minimum Gasteiger partial charge on any atom is -0.490 e. The highest BCUT2D eigenvalue weighted by atomic mass is 35.5. The van der Waals surface area contributed by atoms with Crippen LogP contribution in [0.5, 0.6) is 5.75 Å². The number of halogens is 1. The molecule has 0 spiro atoms. The number of nitrogens with zero attached hydrogens (tertiary/aromatic N) is 3. The fourth-order valence-electron chi connectivity index (χ4n) is 3.09. The molecule has 0 saturated heterocycles. The minimum absolute atomic E-state index is 0.139. The van der Waals surface area contributed by atoms with Crippen LogP contribution in [0.1, 0.15) is 15.9 Å². The zero-order chi connectivity index (χ0) is 22.7. The lowest BCUT2D eigenvalue weighted by Crippen LogP contribution is -2.17. The Morgan fingerprint density at radius 3 is 2.78 bits per heavy atom. The Balaban J connectivity index is 1.51. The molecule has 0 unspecified atom stereocenters. The van der Waals surface area contributed by atoms with Crippen LogP contribution >= 0.6 is 11.6 Å². The van der Waals surface area contributed by atoms with E-state index in [1.54, 1.807) is 30.3 Å². The zero-order valence-corrected chi connectivity index (χ0v) is 17.5. The number of aromatic amines is 1. The number of aromatic nitrogens is 2. The molecule has 0 bridgehead atoms. The minimum atomic E-state index is -0.550. The van der Waals surface area contributed by atoms with Gasteiger partial charge in [0, 0.05) is 22.8 Å². The second-order valence-corrected chi connectivity index (χ2v) is 7.09. The Bertz CT molecular complexity index is 1370. The summed E-state index contributed by atoms with van der Waals surface area (Å²) in [7, 11) is 1.35. The Kier molecular flexibility index (Phi) is 5.82. The maximum Gasteiger partial charge on any atom is 0.311 e. The molecule has 32 heavy (non-hydrogen) atoms. The first kappa shape index (κ1) is 21.0. The van der Waals surface area contributed by atoms with Gasteiger partial charge in [-0.25, -0.2) is 10.4 Å². The van der Waals surface area contributed by atoms with Crippen LogP contribution in [0.3, 0.4) is 0 Å². The number of imidazole rings is 1. The van der Waals surface area contributed by atoms with E-state index in [2.05, 4.69) is 20.5 Å². The summed E-state index contributed by atoms with van der Waals surface area (Å²) in [5.74, 6) is 0.294. The van der Waals surface area contributed by atoms with Gasteiger partial charge in [-0.1, -0.05) is 23.7 Å². The SMILES string of the molecule is COc1ccc(/C=N/NC(=O)c2ccc3nc(-c4ccccc4Cl)[nH]c3c2)cc1[N+](=O)[O-]. The van der Waals surface area contributed by atoms with Crippen LogP contribution in [0, 0.1) is 10.1 Å². The highest BCUT2D eigenvalue weighted by Crippen LogP contribution is 2.28. The van der Waals surface area contributed by atoms with E-state index in [-0.39, 0.29) is 11.4 Å². The maximum absolute atomic E-state index is 12.5. The summed E-state index contributed by atoms with van der Waals surface area (Å²) in [6.07, 6.45) is 1.31. The number of nitro groups is 1. The number of hydrogen-bond acceptors (Lipinski definition) is 6. The van der Waals surface area contributed by atoms with E-state index in [4.69, 9.17) is 16.3 Å². The highest BCUT2D eigenvalue weighted by molar-refractivity contribution is 6.33. The summed E-state index contributed by atoms with van der Waals surface area (Å²) in [4.78, 5) is 30.7. The average Bonchev–Trinajstić information content (AvgIpc) is 3.22. The fraction of sp³-hybridized carbons (Fsp3) is 0.0455. The molecule has 0 aliphatic heterocycles. The molecule has 0 fully saturated rings. The number of rotatable bonds is 6. The van der Waals surface area contributed by atoms with Crippen molar-refractivity contribution < 1.29 is 14.5 Å². The lowest BCUT2D eigenvalue weighted by atomic mass is 10.2. The molecule has 0 saturated carbocycles. The first-order valence-corrected chi connectivity index (χ1v) is 9.74. The molecule has 4 aromatic rings. The summed E-state index contributed by atoms with van der Waals surface area (Å²) < 4.78 is 4.96. The van der Waals surface area contributed by atoms with Gasteiger partial charge >= 0.3 is 5.69 Å². The molecule has 1 heterocycles. The van der Waals surface area contributed by atoms with E-state index < -0.39 is 10.8 Å². The van der Waals surface area contributed by atoms with Gasteiger partial charge < -0.3 is 9.72 Å². The topological polar surface area (TPSA) is 123 Å². The van der Waals surface area contributed by atoms with Crippen LogP contribution in [0.25, 0.3) is 22.4 Å². The third-order valence-corrected chi connectivity index (χ3v) is 4.98. The monoisotopic (exact) mass is 449 g/mol. The second kappa shape index (κ2) is 8.86. The number of hydrogen-bond donors (Lipinski definition) is 2. The van der Waals surface area contributed by atoms with Crippen LogP contribution in [0.2, 0.25) is 5.02 Å². The molecule has 0 radical (unpaired) electrons. The largest absolute Gasteiger partial charge is 0.490 e. The van der Waals surface area contributed by atoms with E-state index in [9.17, 15) is 14.9 Å². The highest BCUT2D eigenvalue weighted by Gasteiger charge is 2.15. The molecule has 4 rings (SSSR count). The summed E-state index contributed by atoms with van der Waals surface area (Å²) >= 11 is 6.24. The number of hydrazone groups is 1. The molecule has 0 aliphatic rings. The average molecular weight is 450 g/mol. The van der Waals surface area contributed by atoms with Gasteiger partial charge in [0.1, 0.15) is 5.82 Å². The third kappa shape index (κ3) is 4.28. The smallest absolute Gasteiger partial charge is 0.311 e. The number of ether oxygens (including phenoxy) is 1. The van der Waals surface area contributed by atoms with E-state index in [0.717, 1.165) is 5.56 Å². The van der Waals surface area contributed by atoms with Crippen LogP contribution in [-0.4, -0.2) is 34.1 Å². The number of carbonyl (C=O) groups excluding carboxylic acids is 1. The quantitative estimate of drug-likeness (QED) is 0.254. The fourth-order valence-corrected chi connectivity index (χ4v) is 3.32. The van der Waals surface area contributed by atoms with E-state index >= 15 is 0 Å². The van der Waals surface area contributed by atoms with Crippen molar-refractivity contribution in [1.29, 1.82) is 0 Å². The van der Waals surface area contributed by atoms with Crippen LogP contribution in [-0.2, 0) is 0 Å². The third-order valence-electron chi connectivity index (χ3n) is 4.65. The number of H-pyrrole nitrogens is 1.